The van der Waals surface area contributed by atoms with Gasteiger partial charge in [0.25, 0.3) is 5.91 Å². The van der Waals surface area contributed by atoms with E-state index in [1.807, 2.05) is 55.3 Å². The minimum Gasteiger partial charge on any atom is -0.337 e. The summed E-state index contributed by atoms with van der Waals surface area (Å²) >= 11 is 0. The highest BCUT2D eigenvalue weighted by atomic mass is 16.2. The van der Waals surface area contributed by atoms with Crippen LogP contribution in [0.15, 0.2) is 48.7 Å². The van der Waals surface area contributed by atoms with E-state index in [1.165, 1.54) is 0 Å². The fraction of sp³-hybridized carbons (Fsp3) is 0.435. The SMILES string of the molecule is CCC(C)C(=O)Nc1ccccc1C(=O)N1CCCN(Cc2ccccn2)CC1. The summed E-state index contributed by atoms with van der Waals surface area (Å²) in [6, 6.07) is 13.2. The van der Waals surface area contributed by atoms with Crippen molar-refractivity contribution in [3.63, 3.8) is 0 Å². The Morgan fingerprint density at radius 2 is 1.86 bits per heavy atom. The zero-order valence-electron chi connectivity index (χ0n) is 17.3. The number of nitrogens with one attached hydrogen (secondary N) is 1. The van der Waals surface area contributed by atoms with Gasteiger partial charge in [0.2, 0.25) is 5.91 Å². The Balaban J connectivity index is 1.65. The van der Waals surface area contributed by atoms with E-state index in [9.17, 15) is 9.59 Å². The molecular weight excluding hydrogens is 364 g/mol. The molecule has 0 radical (unpaired) electrons. The molecule has 1 aromatic carbocycles. The van der Waals surface area contributed by atoms with Crippen molar-refractivity contribution in [3.8, 4) is 0 Å². The number of aromatic nitrogens is 1. The maximum Gasteiger partial charge on any atom is 0.256 e. The maximum absolute atomic E-state index is 13.2. The van der Waals surface area contributed by atoms with E-state index < -0.39 is 0 Å². The summed E-state index contributed by atoms with van der Waals surface area (Å²) in [5.41, 5.74) is 2.20. The quantitative estimate of drug-likeness (QED) is 0.815. The minimum absolute atomic E-state index is 0.0234. The maximum atomic E-state index is 13.2. The van der Waals surface area contributed by atoms with E-state index in [2.05, 4.69) is 15.2 Å². The fourth-order valence-corrected chi connectivity index (χ4v) is 3.44. The number of benzene rings is 1. The number of nitrogens with zero attached hydrogens (tertiary/aromatic N) is 3. The molecule has 2 heterocycles. The molecule has 0 aliphatic carbocycles. The van der Waals surface area contributed by atoms with Gasteiger partial charge in [0.15, 0.2) is 0 Å². The van der Waals surface area contributed by atoms with Crippen molar-refractivity contribution >= 4 is 17.5 Å². The zero-order valence-corrected chi connectivity index (χ0v) is 17.3. The summed E-state index contributed by atoms with van der Waals surface area (Å²) in [7, 11) is 0. The average Bonchev–Trinajstić information content (AvgIpc) is 2.99. The second kappa shape index (κ2) is 10.2. The monoisotopic (exact) mass is 394 g/mol. The average molecular weight is 395 g/mol. The lowest BCUT2D eigenvalue weighted by atomic mass is 10.1. The van der Waals surface area contributed by atoms with Gasteiger partial charge in [-0.25, -0.2) is 0 Å². The largest absolute Gasteiger partial charge is 0.337 e. The fourth-order valence-electron chi connectivity index (χ4n) is 3.44. The van der Waals surface area contributed by atoms with Crippen molar-refractivity contribution < 1.29 is 9.59 Å². The predicted molar refractivity (Wildman–Crippen MR) is 115 cm³/mol. The first kappa shape index (κ1) is 21.0. The first-order chi connectivity index (χ1) is 14.1. The molecular formula is C23H30N4O2. The molecule has 0 spiro atoms. The number of anilines is 1. The van der Waals surface area contributed by atoms with E-state index in [1.54, 1.807) is 12.1 Å². The van der Waals surface area contributed by atoms with Crippen LogP contribution >= 0.6 is 0 Å². The first-order valence-corrected chi connectivity index (χ1v) is 10.4. The predicted octanol–water partition coefficient (Wildman–Crippen LogP) is 3.41. The first-order valence-electron chi connectivity index (χ1n) is 10.4. The van der Waals surface area contributed by atoms with Gasteiger partial charge in [0, 0.05) is 44.8 Å². The van der Waals surface area contributed by atoms with Gasteiger partial charge in [-0.05, 0) is 37.1 Å². The number of pyridine rings is 1. The van der Waals surface area contributed by atoms with Crippen LogP contribution in [0, 0.1) is 5.92 Å². The van der Waals surface area contributed by atoms with Crippen LogP contribution < -0.4 is 5.32 Å². The van der Waals surface area contributed by atoms with Crippen molar-refractivity contribution in [2.24, 2.45) is 5.92 Å². The topological polar surface area (TPSA) is 65.5 Å². The lowest BCUT2D eigenvalue weighted by Gasteiger charge is -2.23. The van der Waals surface area contributed by atoms with Crippen molar-refractivity contribution in [1.82, 2.24) is 14.8 Å². The van der Waals surface area contributed by atoms with Crippen LogP contribution in [0.3, 0.4) is 0 Å². The minimum atomic E-state index is -0.0866. The summed E-state index contributed by atoms with van der Waals surface area (Å²) in [4.78, 5) is 34.2. The van der Waals surface area contributed by atoms with Crippen molar-refractivity contribution in [2.45, 2.75) is 33.2 Å². The van der Waals surface area contributed by atoms with Crippen molar-refractivity contribution in [1.29, 1.82) is 0 Å². The normalized spacial score (nSPS) is 16.1. The zero-order chi connectivity index (χ0) is 20.6. The van der Waals surface area contributed by atoms with E-state index in [0.29, 0.717) is 24.3 Å². The van der Waals surface area contributed by atoms with E-state index >= 15 is 0 Å². The summed E-state index contributed by atoms with van der Waals surface area (Å²) in [6.45, 7) is 7.80. The van der Waals surface area contributed by atoms with E-state index in [-0.39, 0.29) is 17.7 Å². The molecule has 29 heavy (non-hydrogen) atoms. The molecule has 0 saturated carbocycles. The summed E-state index contributed by atoms with van der Waals surface area (Å²) in [5, 5.41) is 2.93. The number of carbonyl (C=O) groups is 2. The smallest absolute Gasteiger partial charge is 0.256 e. The van der Waals surface area contributed by atoms with Crippen molar-refractivity contribution in [2.75, 3.05) is 31.5 Å². The molecule has 0 bridgehead atoms. The van der Waals surface area contributed by atoms with Crippen LogP contribution in [0.1, 0.15) is 42.7 Å². The molecule has 1 N–H and O–H groups in total. The second-order valence-corrected chi connectivity index (χ2v) is 7.59. The summed E-state index contributed by atoms with van der Waals surface area (Å²) in [6.07, 6.45) is 3.49. The van der Waals surface area contributed by atoms with Crippen molar-refractivity contribution in [3.05, 3.63) is 59.9 Å². The van der Waals surface area contributed by atoms with Gasteiger partial charge < -0.3 is 10.2 Å². The molecule has 1 aliphatic rings. The third kappa shape index (κ3) is 5.64. The van der Waals surface area contributed by atoms with Gasteiger partial charge >= 0.3 is 0 Å². The van der Waals surface area contributed by atoms with Crippen LogP contribution in [-0.2, 0) is 11.3 Å². The third-order valence-electron chi connectivity index (χ3n) is 5.46. The van der Waals surface area contributed by atoms with Gasteiger partial charge in [-0.1, -0.05) is 32.0 Å². The number of hydrogen-bond acceptors (Lipinski definition) is 4. The molecule has 1 saturated heterocycles. The number of hydrogen-bond donors (Lipinski definition) is 1. The molecule has 3 rings (SSSR count). The van der Waals surface area contributed by atoms with Crippen LogP contribution in [0.2, 0.25) is 0 Å². The molecule has 1 fully saturated rings. The molecule has 6 nitrogen and oxygen atoms in total. The Morgan fingerprint density at radius 3 is 2.62 bits per heavy atom. The van der Waals surface area contributed by atoms with Gasteiger partial charge in [-0.15, -0.1) is 0 Å². The number of rotatable bonds is 6. The Bertz CT molecular complexity index is 825. The van der Waals surface area contributed by atoms with Gasteiger partial charge in [-0.2, -0.15) is 0 Å². The molecule has 1 aliphatic heterocycles. The van der Waals surface area contributed by atoms with Crippen LogP contribution in [0.4, 0.5) is 5.69 Å². The van der Waals surface area contributed by atoms with Gasteiger partial charge in [0.05, 0.1) is 16.9 Å². The number of amides is 2. The lowest BCUT2D eigenvalue weighted by molar-refractivity contribution is -0.119. The van der Waals surface area contributed by atoms with Crippen LogP contribution in [-0.4, -0.2) is 52.8 Å². The molecule has 2 aromatic rings. The Hall–Kier alpha value is -2.73. The number of carbonyl (C=O) groups excluding carboxylic acids is 2. The third-order valence-corrected chi connectivity index (χ3v) is 5.46. The molecule has 1 atom stereocenters. The van der Waals surface area contributed by atoms with Gasteiger partial charge in [0.1, 0.15) is 0 Å². The summed E-state index contributed by atoms with van der Waals surface area (Å²) in [5.74, 6) is -0.161. The molecule has 6 heteroatoms. The van der Waals surface area contributed by atoms with E-state index in [4.69, 9.17) is 0 Å². The molecule has 2 amide bonds. The van der Waals surface area contributed by atoms with Crippen LogP contribution in [0.25, 0.3) is 0 Å². The highest BCUT2D eigenvalue weighted by Gasteiger charge is 2.23. The van der Waals surface area contributed by atoms with Gasteiger partial charge in [-0.3, -0.25) is 19.5 Å². The second-order valence-electron chi connectivity index (χ2n) is 7.59. The Labute approximate surface area is 172 Å². The highest BCUT2D eigenvalue weighted by Crippen LogP contribution is 2.20. The molecule has 1 aromatic heterocycles. The Kier molecular flexibility index (Phi) is 7.36. The lowest BCUT2D eigenvalue weighted by Crippen LogP contribution is -2.35. The number of para-hydroxylation sites is 1. The van der Waals surface area contributed by atoms with E-state index in [0.717, 1.165) is 38.2 Å². The molecule has 1 unspecified atom stereocenters. The highest BCUT2D eigenvalue weighted by molar-refractivity contribution is 6.04. The van der Waals surface area contributed by atoms with Crippen LogP contribution in [0.5, 0.6) is 0 Å². The Morgan fingerprint density at radius 1 is 1.07 bits per heavy atom. The molecule has 154 valence electrons. The summed E-state index contributed by atoms with van der Waals surface area (Å²) < 4.78 is 0. The standard InChI is InChI=1S/C23H30N4O2/c1-3-18(2)22(28)25-21-11-5-4-10-20(21)23(29)27-14-8-13-26(15-16-27)17-19-9-6-7-12-24-19/h4-7,9-12,18H,3,8,13-17H2,1-2H3,(H,25,28).